The van der Waals surface area contributed by atoms with Crippen molar-refractivity contribution in [1.82, 2.24) is 0 Å². The van der Waals surface area contributed by atoms with Crippen LogP contribution in [0.15, 0.2) is 0 Å². The number of aliphatic hydroxyl groups excluding tert-OH is 1. The number of carbonyl (C=O) groups is 1. The number of aliphatic hydroxyl groups is 1. The number of ether oxygens (including phenoxy) is 2. The molecular formula is C19H38O4. The van der Waals surface area contributed by atoms with Gasteiger partial charge in [0.15, 0.2) is 5.78 Å². The van der Waals surface area contributed by atoms with Crippen molar-refractivity contribution in [3.63, 3.8) is 0 Å². The molecule has 0 aliphatic rings. The average molecular weight is 331 g/mol. The first-order valence-electron chi connectivity index (χ1n) is 9.21. The van der Waals surface area contributed by atoms with E-state index in [1.54, 1.807) is 6.92 Å². The summed E-state index contributed by atoms with van der Waals surface area (Å²) in [5.74, 6) is 0.107. The van der Waals surface area contributed by atoms with Crippen LogP contribution in [-0.2, 0) is 14.3 Å². The first-order valence-corrected chi connectivity index (χ1v) is 9.21. The van der Waals surface area contributed by atoms with Crippen LogP contribution in [0.25, 0.3) is 0 Å². The van der Waals surface area contributed by atoms with Gasteiger partial charge in [-0.3, -0.25) is 4.79 Å². The largest absolute Gasteiger partial charge is 0.393 e. The van der Waals surface area contributed by atoms with Crippen molar-refractivity contribution in [1.29, 1.82) is 0 Å². The molecule has 0 aliphatic carbocycles. The van der Waals surface area contributed by atoms with E-state index >= 15 is 0 Å². The first-order chi connectivity index (χ1) is 10.7. The summed E-state index contributed by atoms with van der Waals surface area (Å²) in [6.07, 6.45) is 3.54. The third kappa shape index (κ3) is 7.32. The molecule has 4 nitrogen and oxygen atoms in total. The van der Waals surface area contributed by atoms with Crippen molar-refractivity contribution < 1.29 is 19.4 Å². The summed E-state index contributed by atoms with van der Waals surface area (Å²) in [6, 6.07) is 0. The van der Waals surface area contributed by atoms with E-state index in [1.807, 2.05) is 20.8 Å². The molecule has 0 saturated carbocycles. The summed E-state index contributed by atoms with van der Waals surface area (Å²) in [4.78, 5) is 12.8. The Hall–Kier alpha value is -0.450. The normalized spacial score (nSPS) is 15.5. The van der Waals surface area contributed by atoms with Gasteiger partial charge in [0.05, 0.1) is 24.4 Å². The lowest BCUT2D eigenvalue weighted by atomic mass is 9.88. The zero-order chi connectivity index (χ0) is 18.1. The second-order valence-electron chi connectivity index (χ2n) is 6.90. The average Bonchev–Trinajstić information content (AvgIpc) is 2.51. The molecule has 0 bridgehead atoms. The van der Waals surface area contributed by atoms with Gasteiger partial charge >= 0.3 is 0 Å². The molecule has 0 radical (unpaired) electrons. The van der Waals surface area contributed by atoms with Gasteiger partial charge in [-0.1, -0.05) is 27.7 Å². The Morgan fingerprint density at radius 2 is 1.57 bits per heavy atom. The summed E-state index contributed by atoms with van der Waals surface area (Å²) in [5, 5.41) is 9.38. The SMILES string of the molecule is CCC(C)(CC)OC(C)CC(=O)C(CC)(CC)OCCC(C)O. The van der Waals surface area contributed by atoms with Gasteiger partial charge in [-0.05, 0) is 52.9 Å². The van der Waals surface area contributed by atoms with E-state index in [1.165, 1.54) is 0 Å². The van der Waals surface area contributed by atoms with E-state index in [4.69, 9.17) is 9.47 Å². The molecule has 4 heteroatoms. The van der Waals surface area contributed by atoms with Crippen molar-refractivity contribution in [2.75, 3.05) is 6.61 Å². The van der Waals surface area contributed by atoms with Crippen LogP contribution in [0.1, 0.15) is 87.0 Å². The highest BCUT2D eigenvalue weighted by Gasteiger charge is 2.37. The summed E-state index contributed by atoms with van der Waals surface area (Å²) >= 11 is 0. The third-order valence-corrected chi connectivity index (χ3v) is 5.02. The molecule has 0 amide bonds. The second-order valence-corrected chi connectivity index (χ2v) is 6.90. The molecule has 0 aliphatic heterocycles. The fraction of sp³-hybridized carbons (Fsp3) is 0.947. The van der Waals surface area contributed by atoms with Gasteiger partial charge in [-0.15, -0.1) is 0 Å². The van der Waals surface area contributed by atoms with E-state index in [9.17, 15) is 9.90 Å². The van der Waals surface area contributed by atoms with E-state index < -0.39 is 11.7 Å². The minimum Gasteiger partial charge on any atom is -0.393 e. The molecule has 0 spiro atoms. The lowest BCUT2D eigenvalue weighted by molar-refractivity contribution is -0.153. The van der Waals surface area contributed by atoms with Crippen LogP contribution < -0.4 is 0 Å². The molecule has 0 saturated heterocycles. The number of ketones is 1. The van der Waals surface area contributed by atoms with Gasteiger partial charge in [-0.25, -0.2) is 0 Å². The molecule has 2 unspecified atom stereocenters. The monoisotopic (exact) mass is 330 g/mol. The van der Waals surface area contributed by atoms with Crippen LogP contribution in [0, 0.1) is 0 Å². The molecule has 0 aromatic carbocycles. The number of rotatable bonds is 13. The van der Waals surface area contributed by atoms with Crippen LogP contribution in [0.4, 0.5) is 0 Å². The van der Waals surface area contributed by atoms with Crippen molar-refractivity contribution >= 4 is 5.78 Å². The summed E-state index contributed by atoms with van der Waals surface area (Å²) in [5.41, 5.74) is -0.921. The predicted molar refractivity (Wildman–Crippen MR) is 94.7 cm³/mol. The van der Waals surface area contributed by atoms with Crippen molar-refractivity contribution in [2.45, 2.75) is 110 Å². The second kappa shape index (κ2) is 10.4. The fourth-order valence-electron chi connectivity index (χ4n) is 2.74. The van der Waals surface area contributed by atoms with Crippen LogP contribution in [0.2, 0.25) is 0 Å². The van der Waals surface area contributed by atoms with E-state index in [-0.39, 0.29) is 17.5 Å². The lowest BCUT2D eigenvalue weighted by Crippen LogP contribution is -2.43. The quantitative estimate of drug-likeness (QED) is 0.548. The standard InChI is InChI=1S/C19H38O4/c1-8-18(7,9-2)23-16(6)14-17(21)19(10-3,11-4)22-13-12-15(5)20/h15-16,20H,8-14H2,1-7H3. The highest BCUT2D eigenvalue weighted by molar-refractivity contribution is 5.87. The van der Waals surface area contributed by atoms with Gasteiger partial charge < -0.3 is 14.6 Å². The number of hydrogen-bond donors (Lipinski definition) is 1. The molecule has 2 atom stereocenters. The van der Waals surface area contributed by atoms with Gasteiger partial charge in [-0.2, -0.15) is 0 Å². The highest BCUT2D eigenvalue weighted by Crippen LogP contribution is 2.27. The Morgan fingerprint density at radius 3 is 1.96 bits per heavy atom. The van der Waals surface area contributed by atoms with Crippen LogP contribution in [0.5, 0.6) is 0 Å². The van der Waals surface area contributed by atoms with E-state index in [2.05, 4.69) is 20.8 Å². The molecule has 23 heavy (non-hydrogen) atoms. The number of carbonyl (C=O) groups excluding carboxylic acids is 1. The van der Waals surface area contributed by atoms with Crippen molar-refractivity contribution in [2.24, 2.45) is 0 Å². The molecule has 0 aromatic heterocycles. The van der Waals surface area contributed by atoms with Gasteiger partial charge in [0.1, 0.15) is 5.60 Å². The molecular weight excluding hydrogens is 292 g/mol. The third-order valence-electron chi connectivity index (χ3n) is 5.02. The Bertz CT molecular complexity index is 330. The zero-order valence-corrected chi connectivity index (χ0v) is 16.3. The summed E-state index contributed by atoms with van der Waals surface area (Å²) < 4.78 is 12.0. The Morgan fingerprint density at radius 1 is 1.04 bits per heavy atom. The van der Waals surface area contributed by atoms with E-state index in [0.29, 0.717) is 32.3 Å². The molecule has 1 N–H and O–H groups in total. The fourth-order valence-corrected chi connectivity index (χ4v) is 2.74. The topological polar surface area (TPSA) is 55.8 Å². The van der Waals surface area contributed by atoms with Crippen molar-refractivity contribution in [3.8, 4) is 0 Å². The highest BCUT2D eigenvalue weighted by atomic mass is 16.5. The number of Topliss-reactive ketones (excluding diaryl/α,β-unsaturated/α-hetero) is 1. The molecule has 0 fully saturated rings. The van der Waals surface area contributed by atoms with Crippen molar-refractivity contribution in [3.05, 3.63) is 0 Å². The van der Waals surface area contributed by atoms with Gasteiger partial charge in [0, 0.05) is 6.42 Å². The Labute approximate surface area is 142 Å². The maximum Gasteiger partial charge on any atom is 0.167 e. The number of hydrogen-bond acceptors (Lipinski definition) is 4. The molecule has 0 rings (SSSR count). The van der Waals surface area contributed by atoms with E-state index in [0.717, 1.165) is 12.8 Å². The lowest BCUT2D eigenvalue weighted by Gasteiger charge is -2.34. The summed E-state index contributed by atoms with van der Waals surface area (Å²) in [6.45, 7) is 14.4. The molecule has 0 heterocycles. The minimum absolute atomic E-state index is 0.107. The molecule has 0 aromatic rings. The maximum atomic E-state index is 12.8. The Kier molecular flexibility index (Phi) is 10.2. The van der Waals surface area contributed by atoms with Gasteiger partial charge in [0.25, 0.3) is 0 Å². The minimum atomic E-state index is -0.749. The zero-order valence-electron chi connectivity index (χ0n) is 16.3. The smallest absolute Gasteiger partial charge is 0.167 e. The predicted octanol–water partition coefficient (Wildman–Crippen LogP) is 4.28. The molecule has 138 valence electrons. The van der Waals surface area contributed by atoms with Gasteiger partial charge in [0.2, 0.25) is 0 Å². The van der Waals surface area contributed by atoms with Crippen LogP contribution >= 0.6 is 0 Å². The first kappa shape index (κ1) is 22.6. The van der Waals surface area contributed by atoms with Crippen LogP contribution in [-0.4, -0.2) is 40.9 Å². The summed E-state index contributed by atoms with van der Waals surface area (Å²) in [7, 11) is 0. The maximum absolute atomic E-state index is 12.8. The Balaban J connectivity index is 4.77. The van der Waals surface area contributed by atoms with Crippen LogP contribution in [0.3, 0.4) is 0 Å².